The Hall–Kier alpha value is -3.85. The van der Waals surface area contributed by atoms with Crippen LogP contribution in [0.5, 0.6) is 0 Å². The topological polar surface area (TPSA) is 96.9 Å². The molecule has 0 aliphatic carbocycles. The van der Waals surface area contributed by atoms with Crippen molar-refractivity contribution in [2.24, 2.45) is 0 Å². The minimum Gasteiger partial charge on any atom is -0.458 e. The number of hydrogen-bond donors (Lipinski definition) is 0. The summed E-state index contributed by atoms with van der Waals surface area (Å²) in [6.07, 6.45) is 0. The SMILES string of the molecule is CC(=O)N(c1nc(COC(=O)CN2C(=O)c3ccccc3C2=O)cs1)c1c(C)cc(C)cc1C. The molecule has 3 aromatic rings. The fourth-order valence-corrected chi connectivity index (χ4v) is 4.95. The molecule has 0 fully saturated rings. The number of thiazole rings is 1. The molecule has 9 heteroatoms. The van der Waals surface area contributed by atoms with Crippen molar-refractivity contribution in [2.75, 3.05) is 11.4 Å². The largest absolute Gasteiger partial charge is 0.458 e. The van der Waals surface area contributed by atoms with Gasteiger partial charge < -0.3 is 4.74 Å². The smallest absolute Gasteiger partial charge is 0.326 e. The Morgan fingerprint density at radius 1 is 1.03 bits per heavy atom. The fraction of sp³-hybridized carbons (Fsp3) is 0.240. The van der Waals surface area contributed by atoms with Crippen molar-refractivity contribution in [1.82, 2.24) is 9.88 Å². The zero-order valence-electron chi connectivity index (χ0n) is 19.2. The molecule has 0 unspecified atom stereocenters. The van der Waals surface area contributed by atoms with Crippen LogP contribution in [0.3, 0.4) is 0 Å². The van der Waals surface area contributed by atoms with Gasteiger partial charge in [0.1, 0.15) is 13.2 Å². The normalized spacial score (nSPS) is 12.6. The van der Waals surface area contributed by atoms with Crippen molar-refractivity contribution in [2.45, 2.75) is 34.3 Å². The van der Waals surface area contributed by atoms with E-state index in [1.165, 1.54) is 18.3 Å². The number of fused-ring (bicyclic) bond motifs is 1. The summed E-state index contributed by atoms with van der Waals surface area (Å²) >= 11 is 1.26. The second kappa shape index (κ2) is 9.18. The lowest BCUT2D eigenvalue weighted by Crippen LogP contribution is -2.35. The number of amides is 3. The zero-order valence-corrected chi connectivity index (χ0v) is 20.1. The number of aryl methyl sites for hydroxylation is 3. The highest BCUT2D eigenvalue weighted by Gasteiger charge is 2.36. The van der Waals surface area contributed by atoms with Crippen LogP contribution in [-0.2, 0) is 20.9 Å². The molecular weight excluding hydrogens is 454 g/mol. The molecule has 1 aromatic heterocycles. The Balaban J connectivity index is 1.44. The van der Waals surface area contributed by atoms with Gasteiger partial charge in [0, 0.05) is 12.3 Å². The number of esters is 1. The lowest BCUT2D eigenvalue weighted by molar-refractivity contribution is -0.145. The predicted octanol–water partition coefficient (Wildman–Crippen LogP) is 4.09. The van der Waals surface area contributed by atoms with Crippen LogP contribution in [0.1, 0.15) is 50.0 Å². The molecule has 0 spiro atoms. The van der Waals surface area contributed by atoms with E-state index in [2.05, 4.69) is 4.98 Å². The summed E-state index contributed by atoms with van der Waals surface area (Å²) in [5.41, 5.74) is 4.80. The summed E-state index contributed by atoms with van der Waals surface area (Å²) < 4.78 is 5.26. The van der Waals surface area contributed by atoms with E-state index in [1.807, 2.05) is 32.9 Å². The highest BCUT2D eigenvalue weighted by molar-refractivity contribution is 7.14. The summed E-state index contributed by atoms with van der Waals surface area (Å²) in [5, 5.41) is 2.17. The predicted molar refractivity (Wildman–Crippen MR) is 127 cm³/mol. The Morgan fingerprint density at radius 3 is 2.18 bits per heavy atom. The first-order valence-electron chi connectivity index (χ1n) is 10.6. The summed E-state index contributed by atoms with van der Waals surface area (Å²) in [5.74, 6) is -1.94. The van der Waals surface area contributed by atoms with E-state index in [0.29, 0.717) is 10.8 Å². The number of imide groups is 1. The van der Waals surface area contributed by atoms with Crippen molar-refractivity contribution >= 4 is 45.8 Å². The minimum atomic E-state index is -0.724. The van der Waals surface area contributed by atoms with E-state index in [9.17, 15) is 19.2 Å². The minimum absolute atomic E-state index is 0.143. The summed E-state index contributed by atoms with van der Waals surface area (Å²) in [6.45, 7) is 6.74. The molecule has 8 nitrogen and oxygen atoms in total. The maximum absolute atomic E-state index is 12.5. The van der Waals surface area contributed by atoms with Gasteiger partial charge in [-0.1, -0.05) is 29.8 Å². The fourth-order valence-electron chi connectivity index (χ4n) is 4.09. The number of aromatic nitrogens is 1. The molecule has 0 bridgehead atoms. The molecule has 0 radical (unpaired) electrons. The van der Waals surface area contributed by atoms with Crippen LogP contribution in [-0.4, -0.2) is 40.1 Å². The van der Waals surface area contributed by atoms with Gasteiger partial charge in [0.25, 0.3) is 11.8 Å². The standard InChI is InChI=1S/C25H23N3O5S/c1-14-9-15(2)22(16(3)10-14)28(17(4)29)25-26-18(13-34-25)12-33-21(30)11-27-23(31)19-7-5-6-8-20(19)24(27)32/h5-10,13H,11-12H2,1-4H3. The Bertz CT molecular complexity index is 1270. The van der Waals surface area contributed by atoms with Crippen LogP contribution in [0.15, 0.2) is 41.8 Å². The molecule has 0 saturated carbocycles. The van der Waals surface area contributed by atoms with Gasteiger partial charge in [0.15, 0.2) is 5.13 Å². The molecular formula is C25H23N3O5S. The molecule has 0 saturated heterocycles. The third kappa shape index (κ3) is 4.34. The quantitative estimate of drug-likeness (QED) is 0.392. The number of carbonyl (C=O) groups is 4. The van der Waals surface area contributed by atoms with Gasteiger partial charge in [-0.15, -0.1) is 11.3 Å². The molecule has 174 valence electrons. The Labute approximate surface area is 200 Å². The molecule has 0 atom stereocenters. The van der Waals surface area contributed by atoms with Crippen molar-refractivity contribution < 1.29 is 23.9 Å². The van der Waals surface area contributed by atoms with Crippen molar-refractivity contribution in [1.29, 1.82) is 0 Å². The van der Waals surface area contributed by atoms with Crippen LogP contribution in [0.25, 0.3) is 0 Å². The van der Waals surface area contributed by atoms with Crippen LogP contribution < -0.4 is 4.90 Å². The van der Waals surface area contributed by atoms with Gasteiger partial charge in [-0.2, -0.15) is 0 Å². The molecule has 1 aliphatic rings. The molecule has 3 amide bonds. The van der Waals surface area contributed by atoms with Gasteiger partial charge in [-0.25, -0.2) is 4.98 Å². The lowest BCUT2D eigenvalue weighted by Gasteiger charge is -2.23. The van der Waals surface area contributed by atoms with E-state index in [1.54, 1.807) is 34.5 Å². The number of anilines is 2. The maximum atomic E-state index is 12.5. The van der Waals surface area contributed by atoms with Crippen LogP contribution in [0, 0.1) is 20.8 Å². The lowest BCUT2D eigenvalue weighted by atomic mass is 10.0. The zero-order chi connectivity index (χ0) is 24.6. The highest BCUT2D eigenvalue weighted by Crippen LogP contribution is 2.34. The second-order valence-corrected chi connectivity index (χ2v) is 8.96. The van der Waals surface area contributed by atoms with Gasteiger partial charge in [0.2, 0.25) is 5.91 Å². The first kappa shape index (κ1) is 23.3. The van der Waals surface area contributed by atoms with Crippen LogP contribution in [0.4, 0.5) is 10.8 Å². The summed E-state index contributed by atoms with van der Waals surface area (Å²) in [7, 11) is 0. The van der Waals surface area contributed by atoms with Crippen molar-refractivity contribution in [3.05, 3.63) is 75.3 Å². The van der Waals surface area contributed by atoms with Gasteiger partial charge in [-0.3, -0.25) is 29.0 Å². The molecule has 2 aromatic carbocycles. The van der Waals surface area contributed by atoms with E-state index in [4.69, 9.17) is 4.74 Å². The Morgan fingerprint density at radius 2 is 1.62 bits per heavy atom. The van der Waals surface area contributed by atoms with Gasteiger partial charge in [0.05, 0.1) is 22.5 Å². The third-order valence-electron chi connectivity index (χ3n) is 5.45. The molecule has 4 rings (SSSR count). The monoisotopic (exact) mass is 477 g/mol. The Kier molecular flexibility index (Phi) is 6.30. The first-order chi connectivity index (χ1) is 16.2. The van der Waals surface area contributed by atoms with E-state index in [0.717, 1.165) is 27.3 Å². The van der Waals surface area contributed by atoms with Crippen molar-refractivity contribution in [3.8, 4) is 0 Å². The average molecular weight is 478 g/mol. The maximum Gasteiger partial charge on any atom is 0.326 e. The highest BCUT2D eigenvalue weighted by atomic mass is 32.1. The molecule has 1 aliphatic heterocycles. The third-order valence-corrected chi connectivity index (χ3v) is 6.33. The van der Waals surface area contributed by atoms with Crippen molar-refractivity contribution in [3.63, 3.8) is 0 Å². The van der Waals surface area contributed by atoms with Gasteiger partial charge in [-0.05, 0) is 44.0 Å². The molecule has 0 N–H and O–H groups in total. The first-order valence-corrected chi connectivity index (χ1v) is 11.5. The summed E-state index contributed by atoms with van der Waals surface area (Å²) in [6, 6.07) is 10.4. The number of benzene rings is 2. The van der Waals surface area contributed by atoms with Gasteiger partial charge >= 0.3 is 5.97 Å². The van der Waals surface area contributed by atoms with Crippen LogP contribution in [0.2, 0.25) is 0 Å². The number of rotatable bonds is 6. The second-order valence-electron chi connectivity index (χ2n) is 8.13. The van der Waals surface area contributed by atoms with E-state index >= 15 is 0 Å². The molecule has 2 heterocycles. The average Bonchev–Trinajstić information content (AvgIpc) is 3.33. The summed E-state index contributed by atoms with van der Waals surface area (Å²) in [4.78, 5) is 56.6. The number of nitrogens with zero attached hydrogens (tertiary/aromatic N) is 3. The number of carbonyl (C=O) groups excluding carboxylic acids is 4. The van der Waals surface area contributed by atoms with E-state index < -0.39 is 24.3 Å². The van der Waals surface area contributed by atoms with Crippen LogP contribution >= 0.6 is 11.3 Å². The number of hydrogen-bond acceptors (Lipinski definition) is 7. The molecule has 34 heavy (non-hydrogen) atoms. The number of ether oxygens (including phenoxy) is 1. The van der Waals surface area contributed by atoms with E-state index in [-0.39, 0.29) is 23.6 Å².